The zero-order valence-electron chi connectivity index (χ0n) is 7.59. The Bertz CT molecular complexity index is 312. The van der Waals surface area contributed by atoms with E-state index in [-0.39, 0.29) is 0 Å². The van der Waals surface area contributed by atoms with Gasteiger partial charge in [-0.1, -0.05) is 18.1 Å². The highest BCUT2D eigenvalue weighted by molar-refractivity contribution is 5.35. The van der Waals surface area contributed by atoms with Crippen LogP contribution in [0.1, 0.15) is 30.0 Å². The molecule has 0 bridgehead atoms. The number of hydrogen-bond donors (Lipinski definition) is 1. The molecule has 0 unspecified atom stereocenters. The quantitative estimate of drug-likeness (QED) is 0.638. The lowest BCUT2D eigenvalue weighted by Crippen LogP contribution is -2.12. The normalized spacial score (nSPS) is 21.3. The van der Waals surface area contributed by atoms with Crippen molar-refractivity contribution in [1.82, 2.24) is 5.32 Å². The van der Waals surface area contributed by atoms with E-state index < -0.39 is 0 Å². The van der Waals surface area contributed by atoms with Crippen molar-refractivity contribution < 1.29 is 0 Å². The summed E-state index contributed by atoms with van der Waals surface area (Å²) in [5, 5.41) is 3.46. The van der Waals surface area contributed by atoms with E-state index >= 15 is 0 Å². The summed E-state index contributed by atoms with van der Waals surface area (Å²) in [6.07, 6.45) is 7.81. The molecule has 1 aromatic carbocycles. The Morgan fingerprint density at radius 3 is 2.62 bits per heavy atom. The molecular weight excluding hydrogens is 158 g/mol. The molecule has 0 saturated carbocycles. The summed E-state index contributed by atoms with van der Waals surface area (Å²) in [7, 11) is 0. The molecule has 1 N–H and O–H groups in total. The number of nitrogens with one attached hydrogen (secondary N) is 1. The maximum Gasteiger partial charge on any atom is 0.0320 e. The van der Waals surface area contributed by atoms with Gasteiger partial charge < -0.3 is 5.32 Å². The van der Waals surface area contributed by atoms with Gasteiger partial charge in [0, 0.05) is 11.6 Å². The third-order valence-corrected chi connectivity index (χ3v) is 2.54. The fourth-order valence-electron chi connectivity index (χ4n) is 1.78. The topological polar surface area (TPSA) is 12.0 Å². The van der Waals surface area contributed by atoms with Crippen LogP contribution in [0.4, 0.5) is 0 Å². The SMILES string of the molecule is C#Cc1ccc([C@H]2CCCN2)cc1. The largest absolute Gasteiger partial charge is 0.310 e. The van der Waals surface area contributed by atoms with Crippen LogP contribution in [-0.4, -0.2) is 6.54 Å². The third kappa shape index (κ3) is 1.74. The lowest BCUT2D eigenvalue weighted by molar-refractivity contribution is 0.648. The Morgan fingerprint density at radius 1 is 1.31 bits per heavy atom. The second-order valence-electron chi connectivity index (χ2n) is 3.42. The van der Waals surface area contributed by atoms with Crippen molar-refractivity contribution >= 4 is 0 Å². The second-order valence-corrected chi connectivity index (χ2v) is 3.42. The highest BCUT2D eigenvalue weighted by Gasteiger charge is 2.15. The van der Waals surface area contributed by atoms with Crippen molar-refractivity contribution in [2.45, 2.75) is 18.9 Å². The Morgan fingerprint density at radius 2 is 2.08 bits per heavy atom. The van der Waals surface area contributed by atoms with Crippen LogP contribution in [0, 0.1) is 12.3 Å². The van der Waals surface area contributed by atoms with Crippen molar-refractivity contribution in [1.29, 1.82) is 0 Å². The lowest BCUT2D eigenvalue weighted by atomic mass is 10.0. The first-order valence-corrected chi connectivity index (χ1v) is 4.70. The Labute approximate surface area is 79.2 Å². The second kappa shape index (κ2) is 3.64. The van der Waals surface area contributed by atoms with Gasteiger partial charge in [0.25, 0.3) is 0 Å². The number of benzene rings is 1. The minimum Gasteiger partial charge on any atom is -0.310 e. The average Bonchev–Trinajstić information content (AvgIpc) is 2.71. The summed E-state index contributed by atoms with van der Waals surface area (Å²) in [4.78, 5) is 0. The summed E-state index contributed by atoms with van der Waals surface area (Å²) < 4.78 is 0. The minimum atomic E-state index is 0.548. The Balaban J connectivity index is 2.18. The monoisotopic (exact) mass is 171 g/mol. The predicted molar refractivity (Wildman–Crippen MR) is 54.4 cm³/mol. The number of rotatable bonds is 1. The Kier molecular flexibility index (Phi) is 2.33. The van der Waals surface area contributed by atoms with E-state index in [9.17, 15) is 0 Å². The first kappa shape index (κ1) is 8.34. The maximum atomic E-state index is 5.29. The van der Waals surface area contributed by atoms with Gasteiger partial charge in [-0.25, -0.2) is 0 Å². The molecule has 66 valence electrons. The van der Waals surface area contributed by atoms with Crippen molar-refractivity contribution in [2.75, 3.05) is 6.54 Å². The van der Waals surface area contributed by atoms with Crippen LogP contribution in [0.2, 0.25) is 0 Å². The van der Waals surface area contributed by atoms with E-state index in [4.69, 9.17) is 6.42 Å². The van der Waals surface area contributed by atoms with Gasteiger partial charge in [-0.2, -0.15) is 0 Å². The molecule has 1 fully saturated rings. The van der Waals surface area contributed by atoms with Crippen LogP contribution in [0.25, 0.3) is 0 Å². The third-order valence-electron chi connectivity index (χ3n) is 2.54. The molecule has 0 aromatic heterocycles. The molecule has 1 aromatic rings. The molecule has 1 nitrogen and oxygen atoms in total. The van der Waals surface area contributed by atoms with Crippen molar-refractivity contribution in [2.24, 2.45) is 0 Å². The molecule has 1 heterocycles. The zero-order chi connectivity index (χ0) is 9.10. The summed E-state index contributed by atoms with van der Waals surface area (Å²) in [5.41, 5.74) is 2.32. The van der Waals surface area contributed by atoms with E-state index in [2.05, 4.69) is 23.4 Å². The highest BCUT2D eigenvalue weighted by Crippen LogP contribution is 2.22. The van der Waals surface area contributed by atoms with Gasteiger partial charge in [0.05, 0.1) is 0 Å². The predicted octanol–water partition coefficient (Wildman–Crippen LogP) is 2.09. The molecule has 1 heteroatoms. The molecule has 13 heavy (non-hydrogen) atoms. The first-order valence-electron chi connectivity index (χ1n) is 4.70. The molecule has 1 atom stereocenters. The van der Waals surface area contributed by atoms with E-state index in [0.717, 1.165) is 12.1 Å². The van der Waals surface area contributed by atoms with Gasteiger partial charge in [-0.05, 0) is 37.1 Å². The fourth-order valence-corrected chi connectivity index (χ4v) is 1.78. The molecule has 0 aliphatic carbocycles. The molecule has 2 rings (SSSR count). The molecule has 1 aliphatic rings. The maximum absolute atomic E-state index is 5.29. The molecule has 1 saturated heterocycles. The van der Waals surface area contributed by atoms with E-state index in [1.807, 2.05) is 12.1 Å². The van der Waals surface area contributed by atoms with Gasteiger partial charge in [0.2, 0.25) is 0 Å². The van der Waals surface area contributed by atoms with Crippen LogP contribution < -0.4 is 5.32 Å². The molecule has 0 spiro atoms. The van der Waals surface area contributed by atoms with Gasteiger partial charge >= 0.3 is 0 Å². The summed E-state index contributed by atoms with van der Waals surface area (Å²) in [6, 6.07) is 8.81. The number of terminal acetylenes is 1. The van der Waals surface area contributed by atoms with Gasteiger partial charge in [-0.15, -0.1) is 6.42 Å². The molecule has 0 amide bonds. The van der Waals surface area contributed by atoms with Crippen LogP contribution in [-0.2, 0) is 0 Å². The molecule has 0 radical (unpaired) electrons. The fraction of sp³-hybridized carbons (Fsp3) is 0.333. The average molecular weight is 171 g/mol. The van der Waals surface area contributed by atoms with Gasteiger partial charge in [-0.3, -0.25) is 0 Å². The van der Waals surface area contributed by atoms with Gasteiger partial charge in [0.15, 0.2) is 0 Å². The Hall–Kier alpha value is -1.26. The molecular formula is C12H13N. The molecule has 1 aliphatic heterocycles. The summed E-state index contributed by atoms with van der Waals surface area (Å²) in [6.45, 7) is 1.14. The highest BCUT2D eigenvalue weighted by atomic mass is 14.9. The van der Waals surface area contributed by atoms with E-state index in [0.29, 0.717) is 6.04 Å². The van der Waals surface area contributed by atoms with E-state index in [1.165, 1.54) is 18.4 Å². The van der Waals surface area contributed by atoms with Crippen LogP contribution in [0.5, 0.6) is 0 Å². The van der Waals surface area contributed by atoms with Crippen molar-refractivity contribution in [3.63, 3.8) is 0 Å². The number of hydrogen-bond acceptors (Lipinski definition) is 1. The lowest BCUT2D eigenvalue weighted by Gasteiger charge is -2.09. The van der Waals surface area contributed by atoms with E-state index in [1.54, 1.807) is 0 Å². The summed E-state index contributed by atoms with van der Waals surface area (Å²) >= 11 is 0. The van der Waals surface area contributed by atoms with Crippen LogP contribution in [0.15, 0.2) is 24.3 Å². The summed E-state index contributed by atoms with van der Waals surface area (Å²) in [5.74, 6) is 2.62. The van der Waals surface area contributed by atoms with Crippen LogP contribution >= 0.6 is 0 Å². The van der Waals surface area contributed by atoms with Crippen molar-refractivity contribution in [3.05, 3.63) is 35.4 Å². The first-order chi connectivity index (χ1) is 6.40. The standard InChI is InChI=1S/C12H13N/c1-2-10-5-7-11(8-6-10)12-4-3-9-13-12/h1,5-8,12-13H,3-4,9H2/t12-/m1/s1. The zero-order valence-corrected chi connectivity index (χ0v) is 7.59. The van der Waals surface area contributed by atoms with Crippen LogP contribution in [0.3, 0.4) is 0 Å². The smallest absolute Gasteiger partial charge is 0.0320 e. The minimum absolute atomic E-state index is 0.548. The van der Waals surface area contributed by atoms with Gasteiger partial charge in [0.1, 0.15) is 0 Å². The van der Waals surface area contributed by atoms with Crippen molar-refractivity contribution in [3.8, 4) is 12.3 Å².